The van der Waals surface area contributed by atoms with Crippen molar-refractivity contribution < 1.29 is 18.9 Å². The van der Waals surface area contributed by atoms with Crippen LogP contribution < -0.4 is 16.5 Å². The van der Waals surface area contributed by atoms with Gasteiger partial charge in [-0.3, -0.25) is 19.7 Å². The van der Waals surface area contributed by atoms with Gasteiger partial charge < -0.3 is 20.9 Å². The quantitative estimate of drug-likeness (QED) is 0.238. The van der Waals surface area contributed by atoms with Crippen molar-refractivity contribution in [2.45, 2.75) is 13.8 Å². The van der Waals surface area contributed by atoms with Gasteiger partial charge in [-0.05, 0) is 42.0 Å². The van der Waals surface area contributed by atoms with Crippen molar-refractivity contribution in [3.8, 4) is 22.5 Å². The lowest BCUT2D eigenvalue weighted by Crippen LogP contribution is -2.05. The number of hydrogen-bond donors (Lipinski definition) is 3. The van der Waals surface area contributed by atoms with Crippen molar-refractivity contribution >= 4 is 35.1 Å². The summed E-state index contributed by atoms with van der Waals surface area (Å²) < 4.78 is 5.78. The van der Waals surface area contributed by atoms with Gasteiger partial charge in [-0.25, -0.2) is 0 Å². The Bertz CT molecular complexity index is 1160. The van der Waals surface area contributed by atoms with Crippen LogP contribution in [0.3, 0.4) is 0 Å². The van der Waals surface area contributed by atoms with Crippen LogP contribution in [0, 0.1) is 10.1 Å². The van der Waals surface area contributed by atoms with Gasteiger partial charge in [0.1, 0.15) is 11.3 Å². The third-order valence-electron chi connectivity index (χ3n) is 4.25. The predicted molar refractivity (Wildman–Crippen MR) is 117 cm³/mol. The summed E-state index contributed by atoms with van der Waals surface area (Å²) in [7, 11) is 0. The molecule has 31 heavy (non-hydrogen) atoms. The minimum atomic E-state index is -0.563. The maximum Gasteiger partial charge on any atom is 0.324 e. The van der Waals surface area contributed by atoms with E-state index in [0.717, 1.165) is 6.21 Å². The van der Waals surface area contributed by atoms with Gasteiger partial charge in [0, 0.05) is 30.8 Å². The molecule has 0 fully saturated rings. The van der Waals surface area contributed by atoms with Crippen molar-refractivity contribution in [1.29, 1.82) is 0 Å². The highest BCUT2D eigenvalue weighted by Crippen LogP contribution is 2.43. The largest absolute Gasteiger partial charge is 0.447 e. The Balaban J connectivity index is 2.17. The second kappa shape index (κ2) is 8.91. The molecule has 0 aliphatic heterocycles. The highest BCUT2D eigenvalue weighted by Gasteiger charge is 2.30. The van der Waals surface area contributed by atoms with Crippen LogP contribution in [-0.4, -0.2) is 23.0 Å². The number of nitro groups is 1. The molecule has 10 heteroatoms. The molecule has 10 nitrogen and oxygen atoms in total. The highest BCUT2D eigenvalue weighted by atomic mass is 16.6. The summed E-state index contributed by atoms with van der Waals surface area (Å²) in [6.45, 7) is 2.78. The van der Waals surface area contributed by atoms with Crippen molar-refractivity contribution in [2.75, 3.05) is 10.6 Å². The van der Waals surface area contributed by atoms with Crippen LogP contribution in [0.5, 0.6) is 0 Å². The molecule has 0 atom stereocenters. The number of amides is 2. The monoisotopic (exact) mass is 421 g/mol. The van der Waals surface area contributed by atoms with E-state index < -0.39 is 4.92 Å². The minimum Gasteiger partial charge on any atom is -0.447 e. The first-order chi connectivity index (χ1) is 14.8. The molecule has 2 aromatic carbocycles. The summed E-state index contributed by atoms with van der Waals surface area (Å²) in [5, 5.41) is 20.5. The van der Waals surface area contributed by atoms with Crippen LogP contribution in [0.4, 0.5) is 17.1 Å². The van der Waals surface area contributed by atoms with E-state index in [2.05, 4.69) is 15.7 Å². The Labute approximate surface area is 176 Å². The molecule has 3 rings (SSSR count). The standard InChI is InChI=1S/C21H19N5O5/c1-12(27)24-16-7-3-14(4-8-16)19-20(26(29)30)18(11-23-22)31-21(19)15-5-9-17(10-6-15)25-13(2)28/h3-11H,22H2,1-2H3,(H,24,27)(H,25,28). The molecule has 0 bridgehead atoms. The molecule has 0 radical (unpaired) electrons. The van der Waals surface area contributed by atoms with E-state index >= 15 is 0 Å². The average Bonchev–Trinajstić information content (AvgIpc) is 3.08. The Morgan fingerprint density at radius 1 is 0.968 bits per heavy atom. The lowest BCUT2D eigenvalue weighted by atomic mass is 9.99. The topological polar surface area (TPSA) is 153 Å². The number of rotatable bonds is 6. The van der Waals surface area contributed by atoms with Crippen LogP contribution in [0.2, 0.25) is 0 Å². The average molecular weight is 421 g/mol. The van der Waals surface area contributed by atoms with Gasteiger partial charge in [-0.2, -0.15) is 5.10 Å². The summed E-state index contributed by atoms with van der Waals surface area (Å²) in [6, 6.07) is 13.2. The molecule has 3 aromatic rings. The molecule has 0 saturated heterocycles. The number of nitrogens with zero attached hydrogens (tertiary/aromatic N) is 2. The van der Waals surface area contributed by atoms with Crippen LogP contribution in [0.25, 0.3) is 22.5 Å². The van der Waals surface area contributed by atoms with Crippen molar-refractivity contribution in [3.63, 3.8) is 0 Å². The van der Waals surface area contributed by atoms with E-state index in [1.54, 1.807) is 48.5 Å². The van der Waals surface area contributed by atoms with Gasteiger partial charge in [0.25, 0.3) is 0 Å². The van der Waals surface area contributed by atoms with Crippen LogP contribution in [-0.2, 0) is 9.59 Å². The van der Waals surface area contributed by atoms with Crippen molar-refractivity contribution in [1.82, 2.24) is 0 Å². The summed E-state index contributed by atoms with van der Waals surface area (Å²) in [6.07, 6.45) is 1.07. The van der Waals surface area contributed by atoms with Crippen molar-refractivity contribution in [3.05, 3.63) is 64.4 Å². The second-order valence-corrected chi connectivity index (χ2v) is 6.57. The SMILES string of the molecule is CC(=O)Nc1ccc(-c2oc(C=NN)c([N+](=O)[O-])c2-c2ccc(NC(C)=O)cc2)cc1. The van der Waals surface area contributed by atoms with Gasteiger partial charge in [0.15, 0.2) is 0 Å². The number of carbonyl (C=O) groups excluding carboxylic acids is 2. The fraction of sp³-hybridized carbons (Fsp3) is 0.0952. The fourth-order valence-electron chi connectivity index (χ4n) is 3.08. The number of hydrazone groups is 1. The molecule has 0 saturated carbocycles. The van der Waals surface area contributed by atoms with Gasteiger partial charge >= 0.3 is 5.69 Å². The number of nitrogens with two attached hydrogens (primary N) is 1. The van der Waals surface area contributed by atoms with Gasteiger partial charge in [-0.1, -0.05) is 12.1 Å². The zero-order valence-electron chi connectivity index (χ0n) is 16.7. The van der Waals surface area contributed by atoms with Crippen LogP contribution >= 0.6 is 0 Å². The molecule has 1 aromatic heterocycles. The number of hydrogen-bond acceptors (Lipinski definition) is 7. The summed E-state index contributed by atoms with van der Waals surface area (Å²) >= 11 is 0. The lowest BCUT2D eigenvalue weighted by Gasteiger charge is -2.07. The summed E-state index contributed by atoms with van der Waals surface area (Å²) in [5.41, 5.74) is 2.12. The Morgan fingerprint density at radius 3 is 1.87 bits per heavy atom. The second-order valence-electron chi connectivity index (χ2n) is 6.57. The first kappa shape index (κ1) is 21.2. The van der Waals surface area contributed by atoms with E-state index in [1.807, 2.05) is 0 Å². The normalized spacial score (nSPS) is 10.8. The van der Waals surface area contributed by atoms with Crippen LogP contribution in [0.15, 0.2) is 58.0 Å². The third kappa shape index (κ3) is 4.75. The van der Waals surface area contributed by atoms with Gasteiger partial charge in [-0.15, -0.1) is 0 Å². The molecule has 1 heterocycles. The Morgan fingerprint density at radius 2 is 1.45 bits per heavy atom. The number of benzene rings is 2. The maximum absolute atomic E-state index is 11.9. The molecular weight excluding hydrogens is 402 g/mol. The molecule has 0 unspecified atom stereocenters. The molecule has 0 aliphatic carbocycles. The molecular formula is C21H19N5O5. The van der Waals surface area contributed by atoms with E-state index in [0.29, 0.717) is 22.5 Å². The number of nitrogens with one attached hydrogen (secondary N) is 2. The highest BCUT2D eigenvalue weighted by molar-refractivity contribution is 5.96. The number of anilines is 2. The Kier molecular flexibility index (Phi) is 6.10. The molecule has 0 spiro atoms. The van der Waals surface area contributed by atoms with Gasteiger partial charge in [0.05, 0.1) is 11.1 Å². The molecule has 4 N–H and O–H groups in total. The molecule has 2 amide bonds. The van der Waals surface area contributed by atoms with Gasteiger partial charge in [0.2, 0.25) is 17.6 Å². The molecule has 158 valence electrons. The van der Waals surface area contributed by atoms with E-state index in [1.165, 1.54) is 13.8 Å². The zero-order chi connectivity index (χ0) is 22.5. The first-order valence-electron chi connectivity index (χ1n) is 9.10. The Hall–Kier alpha value is -4.47. The fourth-order valence-corrected chi connectivity index (χ4v) is 3.08. The summed E-state index contributed by atoms with van der Waals surface area (Å²) in [4.78, 5) is 33.8. The van der Waals surface area contributed by atoms with Crippen molar-refractivity contribution in [2.24, 2.45) is 10.9 Å². The van der Waals surface area contributed by atoms with E-state index in [9.17, 15) is 19.7 Å². The van der Waals surface area contributed by atoms with E-state index in [4.69, 9.17) is 10.3 Å². The van der Waals surface area contributed by atoms with E-state index in [-0.39, 0.29) is 34.6 Å². The first-order valence-corrected chi connectivity index (χ1v) is 9.10. The lowest BCUT2D eigenvalue weighted by molar-refractivity contribution is -0.384. The number of carbonyl (C=O) groups is 2. The van der Waals surface area contributed by atoms with Crippen LogP contribution in [0.1, 0.15) is 19.6 Å². The maximum atomic E-state index is 11.9. The molecule has 0 aliphatic rings. The summed E-state index contributed by atoms with van der Waals surface area (Å²) in [5.74, 6) is 4.89. The third-order valence-corrected chi connectivity index (χ3v) is 4.25. The zero-order valence-corrected chi connectivity index (χ0v) is 16.7. The minimum absolute atomic E-state index is 0.102. The smallest absolute Gasteiger partial charge is 0.324 e. The number of furan rings is 1. The predicted octanol–water partition coefficient (Wildman–Crippen LogP) is 3.73.